The second-order valence-corrected chi connectivity index (χ2v) is 9.54. The molecule has 0 amide bonds. The van der Waals surface area contributed by atoms with E-state index in [1.807, 2.05) is 0 Å². The molecule has 1 heterocycles. The maximum absolute atomic E-state index is 12.5. The molecule has 0 bridgehead atoms. The molecule has 170 valence electrons. The van der Waals surface area contributed by atoms with Gasteiger partial charge in [-0.3, -0.25) is 14.4 Å². The van der Waals surface area contributed by atoms with Crippen molar-refractivity contribution in [3.63, 3.8) is 0 Å². The number of unbranched alkanes of at least 4 members (excludes halogenated alkanes) is 1. The van der Waals surface area contributed by atoms with Crippen LogP contribution in [0.15, 0.2) is 12.1 Å². The molecule has 1 atom stereocenters. The van der Waals surface area contributed by atoms with E-state index in [1.165, 1.54) is 56.4 Å². The number of carbonyl (C=O) groups is 4. The van der Waals surface area contributed by atoms with E-state index in [0.717, 1.165) is 19.3 Å². The van der Waals surface area contributed by atoms with Crippen molar-refractivity contribution in [1.29, 1.82) is 0 Å². The largest absolute Gasteiger partial charge is 0.462 e. The Labute approximate surface area is 189 Å². The van der Waals surface area contributed by atoms with Crippen LogP contribution >= 0.6 is 23.5 Å². The lowest BCUT2D eigenvalue weighted by Gasteiger charge is -2.14. The van der Waals surface area contributed by atoms with Crippen molar-refractivity contribution in [2.75, 3.05) is 19.2 Å². The smallest absolute Gasteiger partial charge is 0.342 e. The van der Waals surface area contributed by atoms with E-state index in [1.54, 1.807) is 0 Å². The summed E-state index contributed by atoms with van der Waals surface area (Å²) in [7, 11) is 0. The average molecular weight is 471 g/mol. The van der Waals surface area contributed by atoms with Gasteiger partial charge >= 0.3 is 11.9 Å². The van der Waals surface area contributed by atoms with E-state index in [9.17, 15) is 19.2 Å². The minimum absolute atomic E-state index is 0.0255. The number of carbonyl (C=O) groups excluding carboxylic acids is 4. The Kier molecular flexibility index (Phi) is 10.2. The van der Waals surface area contributed by atoms with Gasteiger partial charge in [0.2, 0.25) is 6.79 Å². The molecule has 1 aliphatic heterocycles. The molecule has 1 unspecified atom stereocenters. The molecule has 0 saturated heterocycles. The first kappa shape index (κ1) is 25.1. The molecule has 0 N–H and O–H groups in total. The third-order valence-corrected chi connectivity index (χ3v) is 6.16. The van der Waals surface area contributed by atoms with Crippen LogP contribution in [0.1, 0.15) is 56.8 Å². The van der Waals surface area contributed by atoms with Crippen molar-refractivity contribution in [2.45, 2.75) is 51.7 Å². The third-order valence-electron chi connectivity index (χ3n) is 4.18. The number of ether oxygens (including phenoxy) is 4. The van der Waals surface area contributed by atoms with Gasteiger partial charge in [-0.05, 0) is 25.7 Å². The summed E-state index contributed by atoms with van der Waals surface area (Å²) in [5, 5.41) is 0.240. The third kappa shape index (κ3) is 8.82. The fraction of sp³-hybridized carbons (Fsp3) is 0.524. The summed E-state index contributed by atoms with van der Waals surface area (Å²) in [5.74, 6) is 0.327. The molecular weight excluding hydrogens is 444 g/mol. The SMILES string of the molecule is CC(=O)Oc1cc2c(cc1C(=O)OCCCCC(CCSC(C)=O)SC(C)=O)OCO2. The number of hydrogen-bond acceptors (Lipinski definition) is 10. The highest BCUT2D eigenvalue weighted by Gasteiger charge is 2.24. The summed E-state index contributed by atoms with van der Waals surface area (Å²) in [4.78, 5) is 46.4. The molecule has 0 saturated carbocycles. The van der Waals surface area contributed by atoms with Crippen LogP contribution in [0.5, 0.6) is 17.2 Å². The zero-order valence-electron chi connectivity index (χ0n) is 17.8. The van der Waals surface area contributed by atoms with Crippen LogP contribution in [0, 0.1) is 0 Å². The molecule has 8 nitrogen and oxygen atoms in total. The van der Waals surface area contributed by atoms with E-state index in [4.69, 9.17) is 18.9 Å². The fourth-order valence-electron chi connectivity index (χ4n) is 2.87. The number of benzene rings is 1. The molecule has 1 aliphatic rings. The van der Waals surface area contributed by atoms with E-state index >= 15 is 0 Å². The quantitative estimate of drug-likeness (QED) is 0.268. The Morgan fingerprint density at radius 1 is 1.00 bits per heavy atom. The van der Waals surface area contributed by atoms with E-state index in [0.29, 0.717) is 23.7 Å². The number of fused-ring (bicyclic) bond motifs is 1. The van der Waals surface area contributed by atoms with Gasteiger partial charge in [0.05, 0.1) is 6.61 Å². The normalized spacial score (nSPS) is 12.9. The van der Waals surface area contributed by atoms with Gasteiger partial charge in [-0.25, -0.2) is 4.79 Å². The van der Waals surface area contributed by atoms with E-state index in [-0.39, 0.29) is 40.2 Å². The fourth-order valence-corrected chi connectivity index (χ4v) is 4.70. The lowest BCUT2D eigenvalue weighted by atomic mass is 10.1. The first-order valence-electron chi connectivity index (χ1n) is 9.86. The molecule has 1 aromatic rings. The minimum atomic E-state index is -0.623. The molecular formula is C21H26O8S2. The Bertz CT molecular complexity index is 824. The van der Waals surface area contributed by atoms with Crippen LogP contribution in [0.2, 0.25) is 0 Å². The Morgan fingerprint density at radius 3 is 2.35 bits per heavy atom. The highest BCUT2D eigenvalue weighted by molar-refractivity contribution is 8.14. The van der Waals surface area contributed by atoms with Crippen molar-refractivity contribution in [1.82, 2.24) is 0 Å². The Morgan fingerprint density at radius 2 is 1.71 bits per heavy atom. The molecule has 0 spiro atoms. The lowest BCUT2D eigenvalue weighted by Crippen LogP contribution is -2.12. The molecule has 10 heteroatoms. The van der Waals surface area contributed by atoms with E-state index in [2.05, 4.69) is 0 Å². The zero-order valence-corrected chi connectivity index (χ0v) is 19.4. The highest BCUT2D eigenvalue weighted by Crippen LogP contribution is 2.38. The second kappa shape index (κ2) is 12.6. The minimum Gasteiger partial charge on any atom is -0.462 e. The highest BCUT2D eigenvalue weighted by atomic mass is 32.2. The van der Waals surface area contributed by atoms with Crippen LogP contribution in [0.25, 0.3) is 0 Å². The van der Waals surface area contributed by atoms with Crippen molar-refractivity contribution in [3.8, 4) is 17.2 Å². The molecule has 0 aliphatic carbocycles. The van der Waals surface area contributed by atoms with Crippen molar-refractivity contribution in [3.05, 3.63) is 17.7 Å². The van der Waals surface area contributed by atoms with Gasteiger partial charge in [-0.2, -0.15) is 0 Å². The van der Waals surface area contributed by atoms with Crippen LogP contribution < -0.4 is 14.2 Å². The van der Waals surface area contributed by atoms with Gasteiger partial charge in [-0.15, -0.1) is 0 Å². The first-order valence-corrected chi connectivity index (χ1v) is 11.7. The van der Waals surface area contributed by atoms with Gasteiger partial charge in [0.1, 0.15) is 11.3 Å². The topological polar surface area (TPSA) is 105 Å². The van der Waals surface area contributed by atoms with Gasteiger partial charge in [-0.1, -0.05) is 23.5 Å². The molecule has 0 aromatic heterocycles. The maximum Gasteiger partial charge on any atom is 0.342 e. The molecule has 31 heavy (non-hydrogen) atoms. The van der Waals surface area contributed by atoms with Crippen LogP contribution in [-0.4, -0.2) is 46.6 Å². The Hall–Kier alpha value is -2.20. The van der Waals surface area contributed by atoms with Gasteiger partial charge in [0.15, 0.2) is 21.7 Å². The van der Waals surface area contributed by atoms with Gasteiger partial charge in [0.25, 0.3) is 0 Å². The maximum atomic E-state index is 12.5. The predicted octanol–water partition coefficient (Wildman–Crippen LogP) is 3.99. The lowest BCUT2D eigenvalue weighted by molar-refractivity contribution is -0.131. The second-order valence-electron chi connectivity index (χ2n) is 6.79. The summed E-state index contributed by atoms with van der Waals surface area (Å²) in [5.41, 5.74) is 0.0886. The average Bonchev–Trinajstić information content (AvgIpc) is 3.12. The Balaban J connectivity index is 1.83. The van der Waals surface area contributed by atoms with Crippen LogP contribution in [0.4, 0.5) is 0 Å². The molecule has 2 rings (SSSR count). The predicted molar refractivity (Wildman–Crippen MR) is 118 cm³/mol. The number of rotatable bonds is 11. The summed E-state index contributed by atoms with van der Waals surface area (Å²) in [6.07, 6.45) is 2.93. The number of esters is 2. The zero-order chi connectivity index (χ0) is 22.8. The molecule has 1 aromatic carbocycles. The summed E-state index contributed by atoms with van der Waals surface area (Å²) >= 11 is 2.54. The molecule has 0 radical (unpaired) electrons. The monoisotopic (exact) mass is 470 g/mol. The number of hydrogen-bond donors (Lipinski definition) is 0. The van der Waals surface area contributed by atoms with Gasteiger partial charge in [0, 0.05) is 43.9 Å². The summed E-state index contributed by atoms with van der Waals surface area (Å²) in [6.45, 7) is 4.51. The first-order chi connectivity index (χ1) is 14.8. The summed E-state index contributed by atoms with van der Waals surface area (Å²) < 4.78 is 21.0. The van der Waals surface area contributed by atoms with Crippen molar-refractivity contribution in [2.24, 2.45) is 0 Å². The number of thioether (sulfide) groups is 2. The standard InChI is InChI=1S/C21H26O8S2/c1-13(22)29-18-11-20-19(27-12-28-20)10-17(18)21(25)26-8-5-4-6-16(31-15(3)24)7-9-30-14(2)23/h10-11,16H,4-9,12H2,1-3H3. The van der Waals surface area contributed by atoms with Crippen LogP contribution in [-0.2, 0) is 19.1 Å². The molecule has 0 fully saturated rings. The van der Waals surface area contributed by atoms with Crippen molar-refractivity contribution < 1.29 is 38.1 Å². The van der Waals surface area contributed by atoms with Gasteiger partial charge < -0.3 is 18.9 Å². The van der Waals surface area contributed by atoms with Crippen molar-refractivity contribution >= 4 is 45.7 Å². The van der Waals surface area contributed by atoms with E-state index < -0.39 is 11.9 Å². The van der Waals surface area contributed by atoms with Crippen LogP contribution in [0.3, 0.4) is 0 Å². The summed E-state index contributed by atoms with van der Waals surface area (Å²) in [6, 6.07) is 2.87.